The number of phenolic OH excluding ortho intramolecular Hbond substituents is 1. The topological polar surface area (TPSA) is 54.0 Å². The molecule has 25 heavy (non-hydrogen) atoms. The first-order valence-electron chi connectivity index (χ1n) is 8.78. The zero-order valence-electron chi connectivity index (χ0n) is 14.8. The highest BCUT2D eigenvalue weighted by Gasteiger charge is 2.33. The summed E-state index contributed by atoms with van der Waals surface area (Å²) < 4.78 is 11.1. The van der Waals surface area contributed by atoms with Crippen LogP contribution in [0.15, 0.2) is 18.2 Å². The summed E-state index contributed by atoms with van der Waals surface area (Å²) in [5.41, 5.74) is 1.00. The van der Waals surface area contributed by atoms with Gasteiger partial charge in [0, 0.05) is 51.0 Å². The molecule has 1 atom stereocenters. The Hall–Kier alpha value is -0.720. The highest BCUT2D eigenvalue weighted by molar-refractivity contribution is 5.85. The van der Waals surface area contributed by atoms with Gasteiger partial charge in [-0.25, -0.2) is 0 Å². The van der Waals surface area contributed by atoms with Crippen LogP contribution in [-0.2, 0) is 4.74 Å². The molecule has 5 nitrogen and oxygen atoms in total. The average molecular weight is 393 g/mol. The zero-order chi connectivity index (χ0) is 16.1. The van der Waals surface area contributed by atoms with Crippen molar-refractivity contribution >= 4 is 24.8 Å². The number of nitrogens with zero attached hydrogens (tertiary/aromatic N) is 1. The largest absolute Gasteiger partial charge is 0.504 e. The molecular weight excluding hydrogens is 363 g/mol. The predicted octanol–water partition coefficient (Wildman–Crippen LogP) is 3.01. The average Bonchev–Trinajstić information content (AvgIpc) is 2.60. The van der Waals surface area contributed by atoms with Crippen LogP contribution in [0.5, 0.6) is 11.5 Å². The normalized spacial score (nSPS) is 20.2. The van der Waals surface area contributed by atoms with Crippen molar-refractivity contribution in [3.8, 4) is 11.5 Å². The van der Waals surface area contributed by atoms with E-state index in [-0.39, 0.29) is 30.9 Å². The van der Waals surface area contributed by atoms with Crippen molar-refractivity contribution in [2.45, 2.75) is 25.8 Å². The quantitative estimate of drug-likeness (QED) is 0.806. The standard InChI is InChI=1S/C18H28N2O3.2ClH/c1-2-23-16-5-3-4-15(18(16)21)17(14-6-12-22-13-7-14)20-10-8-19-9-11-20;;/h3-5,14,17,19,21H,2,6-13H2,1H3;2*1H/t17-;;/m0../s1. The van der Waals surface area contributed by atoms with Gasteiger partial charge in [-0.3, -0.25) is 4.90 Å². The minimum absolute atomic E-state index is 0. The van der Waals surface area contributed by atoms with E-state index >= 15 is 0 Å². The molecule has 0 bridgehead atoms. The molecule has 0 radical (unpaired) electrons. The number of ether oxygens (including phenoxy) is 2. The van der Waals surface area contributed by atoms with Gasteiger partial charge in [-0.1, -0.05) is 12.1 Å². The van der Waals surface area contributed by atoms with Crippen LogP contribution in [0.2, 0.25) is 0 Å². The Labute approximate surface area is 162 Å². The third kappa shape index (κ3) is 5.38. The third-order valence-corrected chi connectivity index (χ3v) is 4.91. The Morgan fingerprint density at radius 1 is 1.24 bits per heavy atom. The van der Waals surface area contributed by atoms with E-state index in [1.807, 2.05) is 19.1 Å². The van der Waals surface area contributed by atoms with Crippen molar-refractivity contribution < 1.29 is 14.6 Å². The second-order valence-corrected chi connectivity index (χ2v) is 6.31. The second kappa shape index (κ2) is 11.1. The highest BCUT2D eigenvalue weighted by Crippen LogP contribution is 2.42. The first kappa shape index (κ1) is 22.3. The zero-order valence-corrected chi connectivity index (χ0v) is 16.4. The Morgan fingerprint density at radius 2 is 1.92 bits per heavy atom. The Balaban J connectivity index is 0.00000156. The van der Waals surface area contributed by atoms with Crippen LogP contribution in [0.1, 0.15) is 31.4 Å². The molecule has 3 rings (SSSR count). The first-order chi connectivity index (χ1) is 11.3. The third-order valence-electron chi connectivity index (χ3n) is 4.91. The molecule has 2 aliphatic rings. The van der Waals surface area contributed by atoms with Crippen molar-refractivity contribution in [3.63, 3.8) is 0 Å². The lowest BCUT2D eigenvalue weighted by Gasteiger charge is -2.41. The number of hydrogen-bond acceptors (Lipinski definition) is 5. The highest BCUT2D eigenvalue weighted by atomic mass is 35.5. The van der Waals surface area contributed by atoms with E-state index in [2.05, 4.69) is 16.3 Å². The van der Waals surface area contributed by atoms with E-state index in [0.717, 1.165) is 57.8 Å². The van der Waals surface area contributed by atoms with E-state index in [4.69, 9.17) is 9.47 Å². The van der Waals surface area contributed by atoms with Gasteiger partial charge in [0.1, 0.15) is 0 Å². The Kier molecular flexibility index (Phi) is 9.90. The number of para-hydroxylation sites is 1. The molecule has 144 valence electrons. The molecule has 0 unspecified atom stereocenters. The molecule has 2 saturated heterocycles. The molecule has 2 heterocycles. The van der Waals surface area contributed by atoms with Gasteiger partial charge in [0.05, 0.1) is 6.61 Å². The van der Waals surface area contributed by atoms with Gasteiger partial charge in [-0.2, -0.15) is 0 Å². The predicted molar refractivity (Wildman–Crippen MR) is 104 cm³/mol. The minimum atomic E-state index is 0. The summed E-state index contributed by atoms with van der Waals surface area (Å²) >= 11 is 0. The molecule has 2 fully saturated rings. The maximum Gasteiger partial charge on any atom is 0.162 e. The first-order valence-corrected chi connectivity index (χ1v) is 8.78. The van der Waals surface area contributed by atoms with Gasteiger partial charge >= 0.3 is 0 Å². The van der Waals surface area contributed by atoms with Gasteiger partial charge in [0.2, 0.25) is 0 Å². The number of piperazine rings is 1. The molecule has 0 amide bonds. The van der Waals surface area contributed by atoms with E-state index in [0.29, 0.717) is 24.0 Å². The number of rotatable bonds is 5. The van der Waals surface area contributed by atoms with Gasteiger partial charge in [-0.15, -0.1) is 24.8 Å². The van der Waals surface area contributed by atoms with E-state index < -0.39 is 0 Å². The molecule has 0 aromatic heterocycles. The lowest BCUT2D eigenvalue weighted by molar-refractivity contribution is 0.0205. The van der Waals surface area contributed by atoms with Gasteiger partial charge < -0.3 is 19.9 Å². The second-order valence-electron chi connectivity index (χ2n) is 6.31. The molecule has 0 saturated carbocycles. The Bertz CT molecular complexity index is 489. The fraction of sp³-hybridized carbons (Fsp3) is 0.667. The monoisotopic (exact) mass is 392 g/mol. The fourth-order valence-electron chi connectivity index (χ4n) is 3.79. The molecule has 7 heteroatoms. The van der Waals surface area contributed by atoms with Gasteiger partial charge in [0.15, 0.2) is 11.5 Å². The molecule has 2 aliphatic heterocycles. The van der Waals surface area contributed by atoms with Crippen molar-refractivity contribution in [2.24, 2.45) is 5.92 Å². The van der Waals surface area contributed by atoms with Crippen LogP contribution in [0, 0.1) is 5.92 Å². The van der Waals surface area contributed by atoms with Gasteiger partial charge in [-0.05, 0) is 31.7 Å². The molecule has 1 aromatic rings. The molecule has 0 spiro atoms. The maximum absolute atomic E-state index is 10.8. The van der Waals surface area contributed by atoms with Crippen LogP contribution in [0.4, 0.5) is 0 Å². The summed E-state index contributed by atoms with van der Waals surface area (Å²) in [6, 6.07) is 6.14. The number of halogens is 2. The fourth-order valence-corrected chi connectivity index (χ4v) is 3.79. The van der Waals surface area contributed by atoms with Crippen LogP contribution in [-0.4, -0.2) is 56.0 Å². The number of phenols is 1. The number of benzene rings is 1. The van der Waals surface area contributed by atoms with Crippen molar-refractivity contribution in [2.75, 3.05) is 46.0 Å². The molecule has 1 aromatic carbocycles. The lowest BCUT2D eigenvalue weighted by Crippen LogP contribution is -2.47. The molecule has 0 aliphatic carbocycles. The van der Waals surface area contributed by atoms with Crippen LogP contribution < -0.4 is 10.1 Å². The van der Waals surface area contributed by atoms with Crippen molar-refractivity contribution in [1.29, 1.82) is 0 Å². The van der Waals surface area contributed by atoms with E-state index in [1.54, 1.807) is 0 Å². The summed E-state index contributed by atoms with van der Waals surface area (Å²) in [5.74, 6) is 1.42. The summed E-state index contributed by atoms with van der Waals surface area (Å²) in [6.45, 7) is 8.18. The van der Waals surface area contributed by atoms with Crippen molar-refractivity contribution in [1.82, 2.24) is 10.2 Å². The summed E-state index contributed by atoms with van der Waals surface area (Å²) in [4.78, 5) is 2.51. The molecular formula is C18H30Cl2N2O3. The number of aromatic hydroxyl groups is 1. The summed E-state index contributed by atoms with van der Waals surface area (Å²) in [6.07, 6.45) is 2.10. The van der Waals surface area contributed by atoms with Crippen LogP contribution in [0.25, 0.3) is 0 Å². The van der Waals surface area contributed by atoms with E-state index in [9.17, 15) is 5.11 Å². The van der Waals surface area contributed by atoms with Crippen molar-refractivity contribution in [3.05, 3.63) is 23.8 Å². The van der Waals surface area contributed by atoms with Crippen LogP contribution >= 0.6 is 24.8 Å². The molecule has 2 N–H and O–H groups in total. The number of hydrogen-bond donors (Lipinski definition) is 2. The minimum Gasteiger partial charge on any atom is -0.504 e. The van der Waals surface area contributed by atoms with Crippen LogP contribution in [0.3, 0.4) is 0 Å². The summed E-state index contributed by atoms with van der Waals surface area (Å²) in [5, 5.41) is 14.2. The smallest absolute Gasteiger partial charge is 0.162 e. The number of nitrogens with one attached hydrogen (secondary N) is 1. The Morgan fingerprint density at radius 3 is 2.56 bits per heavy atom. The maximum atomic E-state index is 10.8. The van der Waals surface area contributed by atoms with Gasteiger partial charge in [0.25, 0.3) is 0 Å². The van der Waals surface area contributed by atoms with E-state index in [1.165, 1.54) is 0 Å². The summed E-state index contributed by atoms with van der Waals surface area (Å²) in [7, 11) is 0. The lowest BCUT2D eigenvalue weighted by atomic mass is 9.85. The SMILES string of the molecule is CCOc1cccc([C@H](C2CCOCC2)N2CCNCC2)c1O.Cl.Cl.